The minimum Gasteiger partial charge on any atom is -0.497 e. The molecule has 1 aliphatic rings. The van der Waals surface area contributed by atoms with E-state index in [1.807, 2.05) is 36.4 Å². The largest absolute Gasteiger partial charge is 0.497 e. The van der Waals surface area contributed by atoms with Crippen LogP contribution >= 0.6 is 24.0 Å². The van der Waals surface area contributed by atoms with Gasteiger partial charge in [0.05, 0.1) is 13.2 Å². The first-order chi connectivity index (χ1) is 12.5. The smallest absolute Gasteiger partial charge is 0.191 e. The molecule has 0 aliphatic carbocycles. The number of fused-ring (bicyclic) bond motifs is 1. The van der Waals surface area contributed by atoms with Crippen LogP contribution in [-0.2, 0) is 6.54 Å². The molecule has 5 nitrogen and oxygen atoms in total. The summed E-state index contributed by atoms with van der Waals surface area (Å²) in [5, 5.41) is 6.93. The zero-order valence-corrected chi connectivity index (χ0v) is 18.6. The van der Waals surface area contributed by atoms with Gasteiger partial charge in [-0.1, -0.05) is 30.3 Å². The highest BCUT2D eigenvalue weighted by atomic mass is 127. The van der Waals surface area contributed by atoms with Gasteiger partial charge >= 0.3 is 0 Å². The van der Waals surface area contributed by atoms with Crippen molar-refractivity contribution in [2.24, 2.45) is 4.99 Å². The van der Waals surface area contributed by atoms with Crippen molar-refractivity contribution in [2.45, 2.75) is 38.5 Å². The van der Waals surface area contributed by atoms with Crippen LogP contribution in [0.1, 0.15) is 37.4 Å². The number of hydrogen-bond donors (Lipinski definition) is 2. The van der Waals surface area contributed by atoms with Gasteiger partial charge < -0.3 is 20.1 Å². The lowest BCUT2D eigenvalue weighted by atomic mass is 9.90. The maximum absolute atomic E-state index is 6.11. The van der Waals surface area contributed by atoms with E-state index in [0.29, 0.717) is 6.54 Å². The molecule has 0 aromatic heterocycles. The average Bonchev–Trinajstić information content (AvgIpc) is 2.64. The number of methoxy groups -OCH3 is 1. The predicted octanol–water partition coefficient (Wildman–Crippen LogP) is 4.28. The van der Waals surface area contributed by atoms with Gasteiger partial charge in [-0.25, -0.2) is 0 Å². The molecule has 146 valence electrons. The highest BCUT2D eigenvalue weighted by Crippen LogP contribution is 2.39. The fourth-order valence-corrected chi connectivity index (χ4v) is 3.26. The van der Waals surface area contributed by atoms with Gasteiger partial charge in [-0.2, -0.15) is 0 Å². The molecule has 2 N–H and O–H groups in total. The molecule has 0 saturated heterocycles. The van der Waals surface area contributed by atoms with Gasteiger partial charge in [-0.05, 0) is 37.6 Å². The number of nitrogens with one attached hydrogen (secondary N) is 2. The van der Waals surface area contributed by atoms with Crippen LogP contribution in [0.25, 0.3) is 0 Å². The fourth-order valence-electron chi connectivity index (χ4n) is 3.26. The molecule has 1 atom stereocenters. The minimum atomic E-state index is -0.225. The van der Waals surface area contributed by atoms with Crippen LogP contribution < -0.4 is 20.1 Å². The van der Waals surface area contributed by atoms with E-state index in [1.165, 1.54) is 0 Å². The van der Waals surface area contributed by atoms with Crippen LogP contribution in [-0.4, -0.2) is 25.7 Å². The summed E-state index contributed by atoms with van der Waals surface area (Å²) >= 11 is 0. The number of aliphatic imine (C=N–C) groups is 1. The Morgan fingerprint density at radius 3 is 2.74 bits per heavy atom. The highest BCUT2D eigenvalue weighted by Gasteiger charge is 2.33. The van der Waals surface area contributed by atoms with Crippen LogP contribution in [0.15, 0.2) is 53.5 Å². The van der Waals surface area contributed by atoms with Crippen molar-refractivity contribution in [2.75, 3.05) is 14.2 Å². The molecular weight excluding hydrogens is 453 g/mol. The molecule has 2 aromatic carbocycles. The van der Waals surface area contributed by atoms with Gasteiger partial charge in [0.1, 0.15) is 17.1 Å². The molecule has 1 unspecified atom stereocenters. The molecule has 0 bridgehead atoms. The van der Waals surface area contributed by atoms with E-state index in [1.54, 1.807) is 14.2 Å². The Morgan fingerprint density at radius 2 is 2.00 bits per heavy atom. The lowest BCUT2D eigenvalue weighted by Crippen LogP contribution is -2.45. The Balaban J connectivity index is 0.00000261. The van der Waals surface area contributed by atoms with Crippen molar-refractivity contribution in [3.63, 3.8) is 0 Å². The van der Waals surface area contributed by atoms with Crippen molar-refractivity contribution in [1.82, 2.24) is 10.6 Å². The Labute approximate surface area is 178 Å². The second kappa shape index (κ2) is 9.30. The van der Waals surface area contributed by atoms with Gasteiger partial charge in [-0.3, -0.25) is 4.99 Å². The first-order valence-corrected chi connectivity index (χ1v) is 8.89. The molecule has 0 spiro atoms. The Morgan fingerprint density at radius 1 is 1.22 bits per heavy atom. The van der Waals surface area contributed by atoms with Crippen molar-refractivity contribution in [3.8, 4) is 11.5 Å². The maximum atomic E-state index is 6.11. The highest BCUT2D eigenvalue weighted by molar-refractivity contribution is 14.0. The molecule has 0 radical (unpaired) electrons. The zero-order valence-electron chi connectivity index (χ0n) is 16.3. The molecule has 27 heavy (non-hydrogen) atoms. The van der Waals surface area contributed by atoms with Crippen molar-refractivity contribution < 1.29 is 9.47 Å². The standard InChI is InChI=1S/C21H27N3O2.HI/c1-21(2)13-18(17-10-5-6-11-19(17)26-21)24-20(22-3)23-14-15-8-7-9-16(12-15)25-4;/h5-12,18H,13-14H2,1-4H3,(H2,22,23,24);1H. The van der Waals surface area contributed by atoms with Crippen LogP contribution in [0.5, 0.6) is 11.5 Å². The number of rotatable bonds is 4. The third kappa shape index (κ3) is 5.51. The number of para-hydroxylation sites is 1. The number of guanidine groups is 1. The minimum absolute atomic E-state index is 0. The van der Waals surface area contributed by atoms with E-state index in [9.17, 15) is 0 Å². The van der Waals surface area contributed by atoms with E-state index >= 15 is 0 Å². The fraction of sp³-hybridized carbons (Fsp3) is 0.381. The quantitative estimate of drug-likeness (QED) is 0.389. The van der Waals surface area contributed by atoms with Gasteiger partial charge in [0, 0.05) is 25.6 Å². The van der Waals surface area contributed by atoms with Gasteiger partial charge in [0.2, 0.25) is 0 Å². The van der Waals surface area contributed by atoms with Gasteiger partial charge in [-0.15, -0.1) is 24.0 Å². The molecule has 1 aliphatic heterocycles. The first-order valence-electron chi connectivity index (χ1n) is 8.89. The van der Waals surface area contributed by atoms with Crippen molar-refractivity contribution >= 4 is 29.9 Å². The zero-order chi connectivity index (χ0) is 18.6. The third-order valence-corrected chi connectivity index (χ3v) is 4.51. The number of nitrogens with zero attached hydrogens (tertiary/aromatic N) is 1. The van der Waals surface area contributed by atoms with Crippen LogP contribution in [0.4, 0.5) is 0 Å². The van der Waals surface area contributed by atoms with E-state index < -0.39 is 0 Å². The predicted molar refractivity (Wildman–Crippen MR) is 120 cm³/mol. The van der Waals surface area contributed by atoms with E-state index in [4.69, 9.17) is 9.47 Å². The average molecular weight is 481 g/mol. The number of benzene rings is 2. The Hall–Kier alpha value is -1.96. The number of halogens is 1. The summed E-state index contributed by atoms with van der Waals surface area (Å²) in [5.41, 5.74) is 2.08. The molecular formula is C21H28IN3O2. The van der Waals surface area contributed by atoms with Crippen LogP contribution in [0, 0.1) is 0 Å². The summed E-state index contributed by atoms with van der Waals surface area (Å²) in [4.78, 5) is 4.38. The summed E-state index contributed by atoms with van der Waals surface area (Å²) < 4.78 is 11.4. The van der Waals surface area contributed by atoms with E-state index in [-0.39, 0.29) is 35.6 Å². The second-order valence-corrected chi connectivity index (χ2v) is 7.08. The topological polar surface area (TPSA) is 54.9 Å². The molecule has 6 heteroatoms. The summed E-state index contributed by atoms with van der Waals surface area (Å²) in [5.74, 6) is 2.56. The van der Waals surface area contributed by atoms with Crippen molar-refractivity contribution in [3.05, 3.63) is 59.7 Å². The number of hydrogen-bond acceptors (Lipinski definition) is 3. The molecule has 3 rings (SSSR count). The third-order valence-electron chi connectivity index (χ3n) is 4.51. The molecule has 0 amide bonds. The Bertz CT molecular complexity index is 793. The normalized spacial score (nSPS) is 17.8. The molecule has 1 heterocycles. The lowest BCUT2D eigenvalue weighted by Gasteiger charge is -2.38. The van der Waals surface area contributed by atoms with Crippen LogP contribution in [0.3, 0.4) is 0 Å². The SMILES string of the molecule is CN=C(NCc1cccc(OC)c1)NC1CC(C)(C)Oc2ccccc21.I. The second-order valence-electron chi connectivity index (χ2n) is 7.08. The first kappa shape index (κ1) is 21.3. The van der Waals surface area contributed by atoms with Gasteiger partial charge in [0.25, 0.3) is 0 Å². The monoisotopic (exact) mass is 481 g/mol. The number of ether oxygens (including phenoxy) is 2. The summed E-state index contributed by atoms with van der Waals surface area (Å²) in [6, 6.07) is 16.3. The Kier molecular flexibility index (Phi) is 7.35. The summed E-state index contributed by atoms with van der Waals surface area (Å²) in [6.07, 6.45) is 0.865. The molecule has 0 saturated carbocycles. The van der Waals surface area contributed by atoms with Gasteiger partial charge in [0.15, 0.2) is 5.96 Å². The van der Waals surface area contributed by atoms with Crippen molar-refractivity contribution in [1.29, 1.82) is 0 Å². The molecule has 2 aromatic rings. The summed E-state index contributed by atoms with van der Waals surface area (Å²) in [6.45, 7) is 4.90. The van der Waals surface area contributed by atoms with E-state index in [0.717, 1.165) is 35.0 Å². The maximum Gasteiger partial charge on any atom is 0.191 e. The van der Waals surface area contributed by atoms with E-state index in [2.05, 4.69) is 41.6 Å². The molecule has 0 fully saturated rings. The summed E-state index contributed by atoms with van der Waals surface area (Å²) in [7, 11) is 3.47. The lowest BCUT2D eigenvalue weighted by molar-refractivity contribution is 0.0694. The van der Waals surface area contributed by atoms with Crippen LogP contribution in [0.2, 0.25) is 0 Å².